The van der Waals surface area contributed by atoms with E-state index in [1.165, 1.54) is 12.3 Å². The molecule has 9 heteroatoms. The predicted octanol–water partition coefficient (Wildman–Crippen LogP) is 3.32. The van der Waals surface area contributed by atoms with Crippen LogP contribution in [0.5, 0.6) is 0 Å². The SMILES string of the molecule is CC(C)(C)OC(=O)NCC(=Cc1ccc(C(=O)O)cn1)B1OC(C)(C)C(C)(C)O1. The smallest absolute Gasteiger partial charge is 0.478 e. The Balaban J connectivity index is 2.26. The molecule has 1 aromatic rings. The molecule has 0 atom stereocenters. The van der Waals surface area contributed by atoms with Crippen LogP contribution in [0.1, 0.15) is 64.5 Å². The number of nitrogens with zero attached hydrogens (tertiary/aromatic N) is 1. The summed E-state index contributed by atoms with van der Waals surface area (Å²) in [5, 5.41) is 11.7. The van der Waals surface area contributed by atoms with Gasteiger partial charge in [0.05, 0.1) is 22.5 Å². The standard InChI is InChI=1S/C20H29BN2O6/c1-18(2,3)27-17(26)23-12-14(21-28-19(4,5)20(6,7)29-21)10-15-9-8-13(11-22-15)16(24)25/h8-11H,12H2,1-7H3,(H,23,26)(H,24,25). The zero-order chi connectivity index (χ0) is 22.0. The summed E-state index contributed by atoms with van der Waals surface area (Å²) in [6.45, 7) is 13.2. The number of carboxylic acids is 1. The quantitative estimate of drug-likeness (QED) is 0.725. The van der Waals surface area contributed by atoms with Crippen molar-refractivity contribution in [2.45, 2.75) is 65.3 Å². The van der Waals surface area contributed by atoms with Crippen molar-refractivity contribution in [3.05, 3.63) is 35.1 Å². The third-order valence-corrected chi connectivity index (χ3v) is 4.76. The second kappa shape index (κ2) is 8.16. The van der Waals surface area contributed by atoms with Crippen molar-refractivity contribution in [1.29, 1.82) is 0 Å². The van der Waals surface area contributed by atoms with Crippen LogP contribution in [0.2, 0.25) is 0 Å². The molecule has 8 nitrogen and oxygen atoms in total. The molecule has 1 aliphatic heterocycles. The third-order valence-electron chi connectivity index (χ3n) is 4.76. The summed E-state index contributed by atoms with van der Waals surface area (Å²) in [5.74, 6) is -1.05. The van der Waals surface area contributed by atoms with Gasteiger partial charge >= 0.3 is 19.2 Å². The number of rotatable bonds is 5. The number of aromatic nitrogens is 1. The molecule has 0 bridgehead atoms. The summed E-state index contributed by atoms with van der Waals surface area (Å²) in [6, 6.07) is 3.05. The average molecular weight is 404 g/mol. The van der Waals surface area contributed by atoms with E-state index in [4.69, 9.17) is 19.2 Å². The summed E-state index contributed by atoms with van der Waals surface area (Å²) in [7, 11) is -0.698. The van der Waals surface area contributed by atoms with E-state index in [1.807, 2.05) is 27.7 Å². The molecule has 0 saturated carbocycles. The summed E-state index contributed by atoms with van der Waals surface area (Å²) in [6.07, 6.45) is 2.43. The van der Waals surface area contributed by atoms with Gasteiger partial charge in [-0.25, -0.2) is 9.59 Å². The Hall–Kier alpha value is -2.39. The number of nitrogens with one attached hydrogen (secondary N) is 1. The number of carbonyl (C=O) groups is 2. The Morgan fingerprint density at radius 2 is 1.79 bits per heavy atom. The summed E-state index contributed by atoms with van der Waals surface area (Å²) >= 11 is 0. The number of carbonyl (C=O) groups excluding carboxylic acids is 1. The molecular formula is C20H29BN2O6. The lowest BCUT2D eigenvalue weighted by Crippen LogP contribution is -2.41. The van der Waals surface area contributed by atoms with Gasteiger partial charge in [0.1, 0.15) is 5.60 Å². The van der Waals surface area contributed by atoms with Gasteiger partial charge in [0.15, 0.2) is 0 Å². The lowest BCUT2D eigenvalue weighted by molar-refractivity contribution is 0.00578. The van der Waals surface area contributed by atoms with Gasteiger partial charge in [0.2, 0.25) is 0 Å². The van der Waals surface area contributed by atoms with E-state index in [9.17, 15) is 9.59 Å². The molecule has 2 heterocycles. The molecule has 0 spiro atoms. The summed E-state index contributed by atoms with van der Waals surface area (Å²) in [5.41, 5.74) is -0.485. The highest BCUT2D eigenvalue weighted by molar-refractivity contribution is 6.56. The van der Waals surface area contributed by atoms with E-state index in [0.29, 0.717) is 11.2 Å². The minimum atomic E-state index is -1.05. The first-order chi connectivity index (χ1) is 13.2. The lowest BCUT2D eigenvalue weighted by atomic mass is 9.77. The van der Waals surface area contributed by atoms with E-state index in [2.05, 4.69) is 10.3 Å². The largest absolute Gasteiger partial charge is 0.492 e. The molecule has 0 aliphatic carbocycles. The maximum Gasteiger partial charge on any atom is 0.492 e. The molecule has 158 valence electrons. The Bertz CT molecular complexity index is 780. The molecule has 1 fully saturated rings. The second-order valence-corrected chi connectivity index (χ2v) is 8.94. The van der Waals surface area contributed by atoms with Crippen LogP contribution < -0.4 is 5.32 Å². The van der Waals surface area contributed by atoms with E-state index < -0.39 is 36.0 Å². The van der Waals surface area contributed by atoms with Crippen molar-refractivity contribution >= 4 is 25.3 Å². The van der Waals surface area contributed by atoms with Gasteiger partial charge in [-0.15, -0.1) is 0 Å². The lowest BCUT2D eigenvalue weighted by Gasteiger charge is -2.32. The van der Waals surface area contributed by atoms with E-state index >= 15 is 0 Å². The number of hydrogen-bond acceptors (Lipinski definition) is 6. The minimum absolute atomic E-state index is 0.0891. The van der Waals surface area contributed by atoms with Crippen molar-refractivity contribution in [3.8, 4) is 0 Å². The van der Waals surface area contributed by atoms with Crippen molar-refractivity contribution in [2.24, 2.45) is 0 Å². The number of amides is 1. The zero-order valence-electron chi connectivity index (χ0n) is 18.0. The van der Waals surface area contributed by atoms with E-state index in [0.717, 1.165) is 0 Å². The highest BCUT2D eigenvalue weighted by atomic mass is 16.7. The Morgan fingerprint density at radius 1 is 1.21 bits per heavy atom. The van der Waals surface area contributed by atoms with Gasteiger partial charge in [-0.3, -0.25) is 4.98 Å². The van der Waals surface area contributed by atoms with Crippen molar-refractivity contribution in [2.75, 3.05) is 6.54 Å². The first kappa shape index (κ1) is 22.9. The second-order valence-electron chi connectivity index (χ2n) is 8.94. The van der Waals surface area contributed by atoms with Crippen LogP contribution in [0.4, 0.5) is 4.79 Å². The number of hydrogen-bond donors (Lipinski definition) is 2. The van der Waals surface area contributed by atoms with E-state index in [-0.39, 0.29) is 12.1 Å². The predicted molar refractivity (Wildman–Crippen MR) is 109 cm³/mol. The van der Waals surface area contributed by atoms with Gasteiger partial charge in [0.25, 0.3) is 0 Å². The number of carboxylic acid groups (broad SMARTS) is 1. The fourth-order valence-electron chi connectivity index (χ4n) is 2.49. The van der Waals surface area contributed by atoms with E-state index in [1.54, 1.807) is 32.9 Å². The molecule has 1 amide bonds. The van der Waals surface area contributed by atoms with Crippen LogP contribution in [0.3, 0.4) is 0 Å². The first-order valence-corrected chi connectivity index (χ1v) is 9.42. The molecule has 0 aromatic carbocycles. The van der Waals surface area contributed by atoms with Gasteiger partial charge in [0, 0.05) is 12.7 Å². The first-order valence-electron chi connectivity index (χ1n) is 9.42. The van der Waals surface area contributed by atoms with Gasteiger partial charge < -0.3 is 24.5 Å². The fourth-order valence-corrected chi connectivity index (χ4v) is 2.49. The molecule has 0 radical (unpaired) electrons. The molecule has 1 aromatic heterocycles. The number of pyridine rings is 1. The maximum atomic E-state index is 12.1. The van der Waals surface area contributed by atoms with Crippen LogP contribution in [0.15, 0.2) is 23.8 Å². The highest BCUT2D eigenvalue weighted by Crippen LogP contribution is 2.38. The molecule has 2 rings (SSSR count). The Labute approximate surface area is 171 Å². The summed E-state index contributed by atoms with van der Waals surface area (Å²) in [4.78, 5) is 27.3. The number of alkyl carbamates (subject to hydrolysis) is 1. The number of aromatic carboxylic acids is 1. The third kappa shape index (κ3) is 6.04. The highest BCUT2D eigenvalue weighted by Gasteiger charge is 2.52. The average Bonchev–Trinajstić information content (AvgIpc) is 2.78. The normalized spacial score (nSPS) is 18.4. The van der Waals surface area contributed by atoms with Crippen molar-refractivity contribution in [1.82, 2.24) is 10.3 Å². The molecular weight excluding hydrogens is 375 g/mol. The van der Waals surface area contributed by atoms with Crippen molar-refractivity contribution < 1.29 is 28.7 Å². The van der Waals surface area contributed by atoms with Crippen LogP contribution in [0, 0.1) is 0 Å². The van der Waals surface area contributed by atoms with Crippen molar-refractivity contribution in [3.63, 3.8) is 0 Å². The van der Waals surface area contributed by atoms with Gasteiger partial charge in [-0.05, 0) is 72.1 Å². The van der Waals surface area contributed by atoms with Crippen LogP contribution in [-0.4, -0.2) is 52.6 Å². The van der Waals surface area contributed by atoms with Crippen LogP contribution in [-0.2, 0) is 14.0 Å². The fraction of sp³-hybridized carbons (Fsp3) is 0.550. The monoisotopic (exact) mass is 404 g/mol. The maximum absolute atomic E-state index is 12.1. The van der Waals surface area contributed by atoms with Gasteiger partial charge in [-0.1, -0.05) is 0 Å². The number of ether oxygens (including phenoxy) is 1. The molecule has 1 aliphatic rings. The topological polar surface area (TPSA) is 107 Å². The van der Waals surface area contributed by atoms with Crippen LogP contribution >= 0.6 is 0 Å². The van der Waals surface area contributed by atoms with Crippen LogP contribution in [0.25, 0.3) is 6.08 Å². The summed E-state index contributed by atoms with van der Waals surface area (Å²) < 4.78 is 17.5. The Morgan fingerprint density at radius 3 is 2.24 bits per heavy atom. The zero-order valence-corrected chi connectivity index (χ0v) is 18.0. The molecule has 29 heavy (non-hydrogen) atoms. The molecule has 2 N–H and O–H groups in total. The Kier molecular flexibility index (Phi) is 6.44. The molecule has 1 saturated heterocycles. The molecule has 0 unspecified atom stereocenters. The van der Waals surface area contributed by atoms with Gasteiger partial charge in [-0.2, -0.15) is 0 Å². The minimum Gasteiger partial charge on any atom is -0.478 e.